The van der Waals surface area contributed by atoms with Crippen LogP contribution in [0.25, 0.3) is 78.2 Å². The van der Waals surface area contributed by atoms with Gasteiger partial charge < -0.3 is 0 Å². The summed E-state index contributed by atoms with van der Waals surface area (Å²) in [5.74, 6) is 0. The van der Waals surface area contributed by atoms with Crippen molar-refractivity contribution < 1.29 is 0 Å². The largest absolute Gasteiger partial charge is 0.0713 e. The average molecular weight is 763 g/mol. The highest BCUT2D eigenvalue weighted by molar-refractivity contribution is 6.21. The molecule has 0 radical (unpaired) electrons. The highest BCUT2D eigenvalue weighted by Gasteiger charge is 2.45. The van der Waals surface area contributed by atoms with Crippen molar-refractivity contribution in [3.8, 4) is 44.5 Å². The van der Waals surface area contributed by atoms with Gasteiger partial charge in [0.05, 0.1) is 5.41 Å². The summed E-state index contributed by atoms with van der Waals surface area (Å²) in [5, 5.41) is 5.03. The average Bonchev–Trinajstić information content (AvgIpc) is 3.62. The van der Waals surface area contributed by atoms with E-state index in [0.717, 1.165) is 0 Å². The molecule has 0 heterocycles. The quantitative estimate of drug-likeness (QED) is 0.112. The third kappa shape index (κ3) is 5.83. The molecule has 0 heteroatoms. The zero-order valence-electron chi connectivity index (χ0n) is 33.5. The van der Waals surface area contributed by atoms with Crippen LogP contribution in [0.2, 0.25) is 0 Å². The van der Waals surface area contributed by atoms with E-state index in [9.17, 15) is 0 Å². The van der Waals surface area contributed by atoms with Crippen molar-refractivity contribution in [2.45, 2.75) is 12.3 Å². The lowest BCUT2D eigenvalue weighted by Crippen LogP contribution is -2.28. The minimum absolute atomic E-state index is 0.429. The third-order valence-corrected chi connectivity index (χ3v) is 12.7. The Morgan fingerprint density at radius 2 is 0.650 bits per heavy atom. The number of benzene rings is 10. The summed E-state index contributed by atoms with van der Waals surface area (Å²) in [7, 11) is 0. The van der Waals surface area contributed by atoms with Crippen LogP contribution in [0.15, 0.2) is 224 Å². The maximum Gasteiger partial charge on any atom is 0.0713 e. The Hall–Kier alpha value is -7.54. The van der Waals surface area contributed by atoms with Gasteiger partial charge in [0.2, 0.25) is 0 Å². The van der Waals surface area contributed by atoms with Gasteiger partial charge in [-0.3, -0.25) is 0 Å². The summed E-state index contributed by atoms with van der Waals surface area (Å²) in [6.07, 6.45) is 4.40. The topological polar surface area (TPSA) is 0 Å². The molecule has 0 atom stereocenters. The Morgan fingerprint density at radius 3 is 1.12 bits per heavy atom. The Kier molecular flexibility index (Phi) is 8.72. The van der Waals surface area contributed by atoms with E-state index < -0.39 is 5.41 Å². The smallest absolute Gasteiger partial charge is 0.0622 e. The van der Waals surface area contributed by atoms with Gasteiger partial charge in [0, 0.05) is 0 Å². The second-order valence-electron chi connectivity index (χ2n) is 16.1. The van der Waals surface area contributed by atoms with E-state index in [1.807, 2.05) is 0 Å². The predicted molar refractivity (Wildman–Crippen MR) is 255 cm³/mol. The first-order valence-electron chi connectivity index (χ1n) is 20.9. The fourth-order valence-corrected chi connectivity index (χ4v) is 9.84. The Balaban J connectivity index is 0.994. The van der Waals surface area contributed by atoms with Gasteiger partial charge in [-0.2, -0.15) is 0 Å². The van der Waals surface area contributed by atoms with Gasteiger partial charge in [-0.1, -0.05) is 242 Å². The van der Waals surface area contributed by atoms with Crippen molar-refractivity contribution >= 4 is 33.7 Å². The summed E-state index contributed by atoms with van der Waals surface area (Å²) in [6.45, 7) is 2.17. The van der Waals surface area contributed by atoms with Gasteiger partial charge in [0.1, 0.15) is 0 Å². The second-order valence-corrected chi connectivity index (χ2v) is 16.1. The molecule has 60 heavy (non-hydrogen) atoms. The van der Waals surface area contributed by atoms with Crippen molar-refractivity contribution in [1.29, 1.82) is 0 Å². The maximum absolute atomic E-state index is 2.38. The molecule has 1 aliphatic rings. The summed E-state index contributed by atoms with van der Waals surface area (Å²) in [5.41, 5.74) is 18.5. The molecule has 0 N–H and O–H groups in total. The van der Waals surface area contributed by atoms with Crippen LogP contribution in [-0.2, 0) is 5.41 Å². The molecular weight excluding hydrogens is 721 g/mol. The van der Waals surface area contributed by atoms with Crippen LogP contribution >= 0.6 is 0 Å². The lowest BCUT2D eigenvalue weighted by atomic mass is 9.67. The van der Waals surface area contributed by atoms with Crippen LogP contribution in [-0.4, -0.2) is 0 Å². The van der Waals surface area contributed by atoms with E-state index in [-0.39, 0.29) is 0 Å². The van der Waals surface area contributed by atoms with E-state index in [0.29, 0.717) is 0 Å². The highest BCUT2D eigenvalue weighted by Crippen LogP contribution is 2.56. The SMILES string of the molecule is Cc1ccc(C2(c3ccc(-c4c5ccccc5c(-c5ccc(/C=C/c6ccc(-c7ccccc7)cc6)cc5)c5ccccc45)cc3)c3ccccc3-c3ccccc32)cc1. The number of hydrogen-bond acceptors (Lipinski definition) is 0. The van der Waals surface area contributed by atoms with Gasteiger partial charge in [-0.05, 0) is 106 Å². The fourth-order valence-electron chi connectivity index (χ4n) is 9.84. The molecule has 11 rings (SSSR count). The van der Waals surface area contributed by atoms with E-state index in [4.69, 9.17) is 0 Å². The molecule has 0 nitrogen and oxygen atoms in total. The van der Waals surface area contributed by atoms with Crippen LogP contribution in [0, 0.1) is 6.92 Å². The molecule has 0 spiro atoms. The summed E-state index contributed by atoms with van der Waals surface area (Å²) in [4.78, 5) is 0. The predicted octanol–water partition coefficient (Wildman–Crippen LogP) is 15.8. The molecule has 0 saturated carbocycles. The molecule has 0 fully saturated rings. The minimum Gasteiger partial charge on any atom is -0.0622 e. The normalized spacial score (nSPS) is 12.8. The molecule has 0 aliphatic heterocycles. The molecule has 282 valence electrons. The lowest BCUT2D eigenvalue weighted by Gasteiger charge is -2.34. The first kappa shape index (κ1) is 35.6. The van der Waals surface area contributed by atoms with Crippen molar-refractivity contribution in [2.24, 2.45) is 0 Å². The van der Waals surface area contributed by atoms with E-state index in [2.05, 4.69) is 244 Å². The first-order valence-corrected chi connectivity index (χ1v) is 20.9. The second kappa shape index (κ2) is 14.7. The maximum atomic E-state index is 2.38. The molecule has 0 amide bonds. The standard InChI is InChI=1S/C60H42/c1-41-23-37-48(38-24-41)60(56-21-11-9-15-50(56)51-16-10-12-22-57(51)60)49-39-35-47(36-40-49)59-54-19-7-5-17-52(54)58(53-18-6-8-20-55(53)59)46-33-29-43(30-34-46)26-25-42-27-31-45(32-28-42)44-13-3-2-4-14-44/h2-40H,1H3/b26-25+. The number of rotatable bonds is 7. The number of fused-ring (bicyclic) bond motifs is 5. The zero-order chi connectivity index (χ0) is 40.0. The molecule has 0 unspecified atom stereocenters. The molecule has 1 aliphatic carbocycles. The molecule has 0 bridgehead atoms. The molecule has 0 aromatic heterocycles. The number of aryl methyl sites for hydroxylation is 1. The molecular formula is C60H42. The van der Waals surface area contributed by atoms with Crippen molar-refractivity contribution in [3.05, 3.63) is 263 Å². The monoisotopic (exact) mass is 762 g/mol. The van der Waals surface area contributed by atoms with Gasteiger partial charge in [-0.15, -0.1) is 0 Å². The van der Waals surface area contributed by atoms with Crippen LogP contribution in [0.3, 0.4) is 0 Å². The Labute approximate surface area is 352 Å². The fraction of sp³-hybridized carbons (Fsp3) is 0.0333. The first-order chi connectivity index (χ1) is 29.7. The van der Waals surface area contributed by atoms with E-state index >= 15 is 0 Å². The highest BCUT2D eigenvalue weighted by atomic mass is 14.5. The van der Waals surface area contributed by atoms with Crippen molar-refractivity contribution in [2.75, 3.05) is 0 Å². The molecule has 0 saturated heterocycles. The summed E-state index contributed by atoms with van der Waals surface area (Å²) >= 11 is 0. The van der Waals surface area contributed by atoms with Gasteiger partial charge >= 0.3 is 0 Å². The molecule has 10 aromatic carbocycles. The number of hydrogen-bond donors (Lipinski definition) is 0. The molecule has 10 aromatic rings. The third-order valence-electron chi connectivity index (χ3n) is 12.7. The minimum atomic E-state index is -0.429. The van der Waals surface area contributed by atoms with Crippen molar-refractivity contribution in [3.63, 3.8) is 0 Å². The summed E-state index contributed by atoms with van der Waals surface area (Å²) in [6, 6.07) is 82.8. The van der Waals surface area contributed by atoms with Gasteiger partial charge in [0.25, 0.3) is 0 Å². The van der Waals surface area contributed by atoms with Crippen LogP contribution < -0.4 is 0 Å². The van der Waals surface area contributed by atoms with Crippen LogP contribution in [0.1, 0.15) is 38.9 Å². The summed E-state index contributed by atoms with van der Waals surface area (Å²) < 4.78 is 0. The van der Waals surface area contributed by atoms with E-state index in [1.165, 1.54) is 105 Å². The van der Waals surface area contributed by atoms with Gasteiger partial charge in [0.15, 0.2) is 0 Å². The lowest BCUT2D eigenvalue weighted by molar-refractivity contribution is 0.768. The van der Waals surface area contributed by atoms with Gasteiger partial charge in [-0.25, -0.2) is 0 Å². The van der Waals surface area contributed by atoms with Crippen molar-refractivity contribution in [1.82, 2.24) is 0 Å². The van der Waals surface area contributed by atoms with E-state index in [1.54, 1.807) is 0 Å². The zero-order valence-corrected chi connectivity index (χ0v) is 33.5. The van der Waals surface area contributed by atoms with Crippen LogP contribution in [0.4, 0.5) is 0 Å². The Morgan fingerprint density at radius 1 is 0.300 bits per heavy atom. The Bertz CT molecular complexity index is 3100. The van der Waals surface area contributed by atoms with Crippen LogP contribution in [0.5, 0.6) is 0 Å².